The standard InChI is InChI=1S/C14H15FN2O3/c1-2-20-14(19)12-9-17(7-8-18)13(16-12)10-5-3-4-6-11(10)15/h3-6,9,18H,2,7-8H2,1H3. The third-order valence-electron chi connectivity index (χ3n) is 2.72. The van der Waals surface area contributed by atoms with Crippen LogP contribution in [0.1, 0.15) is 17.4 Å². The molecule has 1 heterocycles. The summed E-state index contributed by atoms with van der Waals surface area (Å²) in [5, 5.41) is 9.05. The highest BCUT2D eigenvalue weighted by Gasteiger charge is 2.18. The second-order valence-corrected chi connectivity index (χ2v) is 4.07. The normalized spacial score (nSPS) is 10.6. The van der Waals surface area contributed by atoms with Crippen LogP contribution in [0.25, 0.3) is 11.4 Å². The molecule has 0 aliphatic carbocycles. The minimum atomic E-state index is -0.568. The molecule has 0 radical (unpaired) electrons. The van der Waals surface area contributed by atoms with Crippen LogP contribution in [0.3, 0.4) is 0 Å². The number of carbonyl (C=O) groups is 1. The van der Waals surface area contributed by atoms with Crippen molar-refractivity contribution in [2.24, 2.45) is 0 Å². The van der Waals surface area contributed by atoms with Gasteiger partial charge in [-0.25, -0.2) is 14.2 Å². The zero-order chi connectivity index (χ0) is 14.5. The number of aliphatic hydroxyl groups is 1. The lowest BCUT2D eigenvalue weighted by molar-refractivity contribution is 0.0520. The molecule has 5 nitrogen and oxygen atoms in total. The SMILES string of the molecule is CCOC(=O)c1cn(CCO)c(-c2ccccc2F)n1. The Morgan fingerprint density at radius 2 is 2.20 bits per heavy atom. The van der Waals surface area contributed by atoms with Gasteiger partial charge in [-0.3, -0.25) is 0 Å². The van der Waals surface area contributed by atoms with Gasteiger partial charge in [-0.05, 0) is 19.1 Å². The second-order valence-electron chi connectivity index (χ2n) is 4.07. The minimum Gasteiger partial charge on any atom is -0.461 e. The van der Waals surface area contributed by atoms with Gasteiger partial charge in [0.1, 0.15) is 11.6 Å². The average molecular weight is 278 g/mol. The van der Waals surface area contributed by atoms with Gasteiger partial charge in [0.25, 0.3) is 0 Å². The highest BCUT2D eigenvalue weighted by atomic mass is 19.1. The molecule has 0 spiro atoms. The molecule has 0 saturated carbocycles. The number of aliphatic hydroxyl groups excluding tert-OH is 1. The van der Waals surface area contributed by atoms with E-state index in [-0.39, 0.29) is 31.0 Å². The lowest BCUT2D eigenvalue weighted by atomic mass is 10.2. The van der Waals surface area contributed by atoms with E-state index >= 15 is 0 Å². The van der Waals surface area contributed by atoms with Gasteiger partial charge in [-0.2, -0.15) is 0 Å². The maximum absolute atomic E-state index is 13.8. The Morgan fingerprint density at radius 1 is 1.45 bits per heavy atom. The number of hydrogen-bond acceptors (Lipinski definition) is 4. The van der Waals surface area contributed by atoms with E-state index in [0.29, 0.717) is 5.82 Å². The number of esters is 1. The van der Waals surface area contributed by atoms with Gasteiger partial charge < -0.3 is 14.4 Å². The molecular weight excluding hydrogens is 263 g/mol. The van der Waals surface area contributed by atoms with Crippen molar-refractivity contribution in [1.82, 2.24) is 9.55 Å². The second kappa shape index (κ2) is 6.29. The molecule has 1 aromatic heterocycles. The summed E-state index contributed by atoms with van der Waals surface area (Å²) in [7, 11) is 0. The first-order valence-electron chi connectivity index (χ1n) is 6.27. The van der Waals surface area contributed by atoms with Crippen molar-refractivity contribution in [2.45, 2.75) is 13.5 Å². The number of halogens is 1. The maximum atomic E-state index is 13.8. The number of ether oxygens (including phenoxy) is 1. The summed E-state index contributed by atoms with van der Waals surface area (Å²) in [5.41, 5.74) is 0.370. The van der Waals surface area contributed by atoms with E-state index in [2.05, 4.69) is 4.98 Å². The Balaban J connectivity index is 2.46. The first-order chi connectivity index (χ1) is 9.67. The lowest BCUT2D eigenvalue weighted by Gasteiger charge is -2.06. The fourth-order valence-corrected chi connectivity index (χ4v) is 1.85. The van der Waals surface area contributed by atoms with E-state index in [4.69, 9.17) is 9.84 Å². The van der Waals surface area contributed by atoms with E-state index in [1.165, 1.54) is 16.8 Å². The van der Waals surface area contributed by atoms with Crippen LogP contribution in [0.5, 0.6) is 0 Å². The van der Waals surface area contributed by atoms with E-state index in [1.54, 1.807) is 25.1 Å². The van der Waals surface area contributed by atoms with Crippen LogP contribution in [0.15, 0.2) is 30.5 Å². The van der Waals surface area contributed by atoms with Gasteiger partial charge in [-0.1, -0.05) is 12.1 Å². The summed E-state index contributed by atoms with van der Waals surface area (Å²) in [5.74, 6) is -0.713. The third-order valence-corrected chi connectivity index (χ3v) is 2.72. The molecule has 1 N–H and O–H groups in total. The van der Waals surface area contributed by atoms with Gasteiger partial charge in [0.15, 0.2) is 5.69 Å². The number of benzene rings is 1. The molecule has 0 fully saturated rings. The summed E-state index contributed by atoms with van der Waals surface area (Å²) in [6.45, 7) is 2.01. The van der Waals surface area contributed by atoms with Crippen molar-refractivity contribution in [3.63, 3.8) is 0 Å². The van der Waals surface area contributed by atoms with Crippen molar-refractivity contribution in [2.75, 3.05) is 13.2 Å². The van der Waals surface area contributed by atoms with E-state index in [9.17, 15) is 9.18 Å². The summed E-state index contributed by atoms with van der Waals surface area (Å²) in [6, 6.07) is 6.14. The maximum Gasteiger partial charge on any atom is 0.358 e. The zero-order valence-electron chi connectivity index (χ0n) is 11.0. The Bertz CT molecular complexity index is 610. The molecule has 106 valence electrons. The van der Waals surface area contributed by atoms with Gasteiger partial charge in [-0.15, -0.1) is 0 Å². The third kappa shape index (κ3) is 2.85. The van der Waals surface area contributed by atoms with Crippen LogP contribution in [0.2, 0.25) is 0 Å². The van der Waals surface area contributed by atoms with Crippen molar-refractivity contribution in [3.8, 4) is 11.4 Å². The first-order valence-corrected chi connectivity index (χ1v) is 6.27. The predicted octanol–water partition coefficient (Wildman–Crippen LogP) is 1.86. The van der Waals surface area contributed by atoms with Crippen LogP contribution in [-0.4, -0.2) is 33.8 Å². The van der Waals surface area contributed by atoms with Crippen molar-refractivity contribution in [1.29, 1.82) is 0 Å². The van der Waals surface area contributed by atoms with Crippen LogP contribution < -0.4 is 0 Å². The van der Waals surface area contributed by atoms with Gasteiger partial charge in [0.2, 0.25) is 0 Å². The minimum absolute atomic E-state index is 0.0959. The van der Waals surface area contributed by atoms with Crippen LogP contribution >= 0.6 is 0 Å². The van der Waals surface area contributed by atoms with E-state index in [0.717, 1.165) is 0 Å². The fraction of sp³-hybridized carbons (Fsp3) is 0.286. The number of nitrogens with zero attached hydrogens (tertiary/aromatic N) is 2. The molecule has 20 heavy (non-hydrogen) atoms. The lowest BCUT2D eigenvalue weighted by Crippen LogP contribution is -2.05. The van der Waals surface area contributed by atoms with E-state index < -0.39 is 11.8 Å². The molecule has 0 saturated heterocycles. The molecule has 2 rings (SSSR count). The quantitative estimate of drug-likeness (QED) is 0.848. The van der Waals surface area contributed by atoms with Crippen LogP contribution in [0.4, 0.5) is 4.39 Å². The molecule has 0 unspecified atom stereocenters. The molecule has 1 aromatic carbocycles. The highest BCUT2D eigenvalue weighted by molar-refractivity contribution is 5.87. The summed E-state index contributed by atoms with van der Waals surface area (Å²) < 4.78 is 20.2. The molecule has 0 atom stereocenters. The van der Waals surface area contributed by atoms with Gasteiger partial charge in [0.05, 0.1) is 18.8 Å². The fourth-order valence-electron chi connectivity index (χ4n) is 1.85. The van der Waals surface area contributed by atoms with Crippen LogP contribution in [0, 0.1) is 5.82 Å². The molecule has 0 bridgehead atoms. The topological polar surface area (TPSA) is 64.3 Å². The highest BCUT2D eigenvalue weighted by Crippen LogP contribution is 2.22. The number of carbonyl (C=O) groups excluding carboxylic acids is 1. The monoisotopic (exact) mass is 278 g/mol. The Labute approximate surface area is 115 Å². The molecule has 0 amide bonds. The summed E-state index contributed by atoms with van der Waals surface area (Å²) in [6.07, 6.45) is 1.45. The molecule has 2 aromatic rings. The Morgan fingerprint density at radius 3 is 2.85 bits per heavy atom. The molecular formula is C14H15FN2O3. The summed E-state index contributed by atoms with van der Waals surface area (Å²) in [4.78, 5) is 15.8. The van der Waals surface area contributed by atoms with Gasteiger partial charge >= 0.3 is 5.97 Å². The van der Waals surface area contributed by atoms with E-state index in [1.807, 2.05) is 0 Å². The molecule has 0 aliphatic heterocycles. The molecule has 0 aliphatic rings. The van der Waals surface area contributed by atoms with Crippen molar-refractivity contribution < 1.29 is 19.0 Å². The molecule has 6 heteroatoms. The number of rotatable bonds is 5. The number of aromatic nitrogens is 2. The average Bonchev–Trinajstić information content (AvgIpc) is 2.84. The van der Waals surface area contributed by atoms with Crippen molar-refractivity contribution in [3.05, 3.63) is 42.0 Å². The summed E-state index contributed by atoms with van der Waals surface area (Å²) >= 11 is 0. The zero-order valence-corrected chi connectivity index (χ0v) is 11.0. The Kier molecular flexibility index (Phi) is 4.47. The van der Waals surface area contributed by atoms with Gasteiger partial charge in [0, 0.05) is 12.7 Å². The number of imidazole rings is 1. The Hall–Kier alpha value is -2.21. The van der Waals surface area contributed by atoms with Crippen molar-refractivity contribution >= 4 is 5.97 Å². The smallest absolute Gasteiger partial charge is 0.358 e. The largest absolute Gasteiger partial charge is 0.461 e. The van der Waals surface area contributed by atoms with Crippen LogP contribution in [-0.2, 0) is 11.3 Å². The number of hydrogen-bond donors (Lipinski definition) is 1. The predicted molar refractivity (Wildman–Crippen MR) is 70.7 cm³/mol. The first kappa shape index (κ1) is 14.2.